The van der Waals surface area contributed by atoms with Gasteiger partial charge in [-0.3, -0.25) is 9.59 Å². The minimum absolute atomic E-state index is 0.0810. The highest BCUT2D eigenvalue weighted by molar-refractivity contribution is 9.10. The van der Waals surface area contributed by atoms with Gasteiger partial charge in [0, 0.05) is 26.8 Å². The third-order valence-corrected chi connectivity index (χ3v) is 5.74. The van der Waals surface area contributed by atoms with Crippen molar-refractivity contribution in [3.8, 4) is 0 Å². The number of thioether (sulfide) groups is 1. The molecule has 0 radical (unpaired) electrons. The van der Waals surface area contributed by atoms with Crippen molar-refractivity contribution in [1.82, 2.24) is 0 Å². The van der Waals surface area contributed by atoms with Gasteiger partial charge in [0.1, 0.15) is 0 Å². The molecule has 4 nitrogen and oxygen atoms in total. The van der Waals surface area contributed by atoms with Crippen LogP contribution < -0.4 is 10.6 Å². The number of hydrogen-bond acceptors (Lipinski definition) is 3. The number of carbonyl (C=O) groups excluding carboxylic acids is 2. The molecule has 30 heavy (non-hydrogen) atoms. The molecule has 0 aromatic heterocycles. The van der Waals surface area contributed by atoms with Gasteiger partial charge >= 0.3 is 0 Å². The van der Waals surface area contributed by atoms with Gasteiger partial charge in [0.2, 0.25) is 11.8 Å². The molecule has 2 N–H and O–H groups in total. The molecule has 0 spiro atoms. The van der Waals surface area contributed by atoms with E-state index < -0.39 is 0 Å². The monoisotopic (exact) mass is 480 g/mol. The molecule has 0 aliphatic rings. The van der Waals surface area contributed by atoms with Crippen LogP contribution in [0.2, 0.25) is 0 Å². The summed E-state index contributed by atoms with van der Waals surface area (Å²) in [5, 5.41) is 5.47. The topological polar surface area (TPSA) is 58.2 Å². The molecule has 0 heterocycles. The van der Waals surface area contributed by atoms with Crippen molar-refractivity contribution >= 4 is 57.0 Å². The van der Waals surface area contributed by atoms with Crippen molar-refractivity contribution in [3.63, 3.8) is 0 Å². The van der Waals surface area contributed by atoms with Crippen molar-refractivity contribution in [1.29, 1.82) is 0 Å². The number of carbonyl (C=O) groups is 2. The van der Waals surface area contributed by atoms with Gasteiger partial charge in [-0.05, 0) is 61.0 Å². The van der Waals surface area contributed by atoms with Gasteiger partial charge in [0.25, 0.3) is 0 Å². The van der Waals surface area contributed by atoms with Crippen LogP contribution in [0.5, 0.6) is 0 Å². The highest BCUT2D eigenvalue weighted by Gasteiger charge is 2.15. The van der Waals surface area contributed by atoms with E-state index in [-0.39, 0.29) is 17.1 Å². The maximum Gasteiger partial charge on any atom is 0.248 e. The Labute approximate surface area is 188 Å². The van der Waals surface area contributed by atoms with Crippen LogP contribution in [0.25, 0.3) is 6.08 Å². The van der Waals surface area contributed by atoms with Crippen LogP contribution in [-0.4, -0.2) is 17.1 Å². The molecule has 1 unspecified atom stereocenters. The summed E-state index contributed by atoms with van der Waals surface area (Å²) in [5.74, 6) is -0.287. The van der Waals surface area contributed by atoms with Gasteiger partial charge in [0.05, 0.1) is 5.25 Å². The van der Waals surface area contributed by atoms with Crippen LogP contribution in [0, 0.1) is 0 Å². The second-order valence-electron chi connectivity index (χ2n) is 6.52. The largest absolute Gasteiger partial charge is 0.325 e. The van der Waals surface area contributed by atoms with E-state index in [1.807, 2.05) is 85.8 Å². The summed E-state index contributed by atoms with van der Waals surface area (Å²) >= 11 is 4.81. The first kappa shape index (κ1) is 21.9. The van der Waals surface area contributed by atoms with Crippen LogP contribution in [0.4, 0.5) is 11.4 Å². The van der Waals surface area contributed by atoms with Crippen LogP contribution in [0.1, 0.15) is 12.5 Å². The molecule has 1 atom stereocenters. The maximum absolute atomic E-state index is 12.5. The number of halogens is 1. The van der Waals surface area contributed by atoms with E-state index in [0.29, 0.717) is 5.69 Å². The lowest BCUT2D eigenvalue weighted by Crippen LogP contribution is -2.22. The number of amides is 2. The summed E-state index contributed by atoms with van der Waals surface area (Å²) in [5.41, 5.74) is 2.40. The van der Waals surface area contributed by atoms with E-state index in [9.17, 15) is 9.59 Å². The average Bonchev–Trinajstić information content (AvgIpc) is 2.75. The molecule has 3 aromatic rings. The zero-order chi connectivity index (χ0) is 21.3. The molecule has 6 heteroatoms. The molecule has 0 saturated heterocycles. The minimum atomic E-state index is -0.294. The summed E-state index contributed by atoms with van der Waals surface area (Å²) in [6.45, 7) is 1.85. The molecule has 0 fully saturated rings. The van der Waals surface area contributed by atoms with E-state index >= 15 is 0 Å². The molecule has 0 aliphatic carbocycles. The van der Waals surface area contributed by atoms with Crippen molar-refractivity contribution in [3.05, 3.63) is 95.0 Å². The molecule has 3 rings (SSSR count). The molecule has 0 saturated carbocycles. The van der Waals surface area contributed by atoms with Gasteiger partial charge in [0.15, 0.2) is 0 Å². The standard InChI is InChI=1S/C24H21BrN2O2S/c1-17(24(29)27-20-13-11-19(25)12-14-20)30-22-9-5-8-21(16-22)26-23(28)15-10-18-6-3-2-4-7-18/h2-17H,1H3,(H,26,28)(H,27,29)/b15-10+. The lowest BCUT2D eigenvalue weighted by Gasteiger charge is -2.13. The fourth-order valence-electron chi connectivity index (χ4n) is 2.60. The molecular weight excluding hydrogens is 460 g/mol. The van der Waals surface area contributed by atoms with E-state index in [0.717, 1.165) is 20.6 Å². The zero-order valence-electron chi connectivity index (χ0n) is 16.3. The minimum Gasteiger partial charge on any atom is -0.325 e. The van der Waals surface area contributed by atoms with E-state index in [1.165, 1.54) is 17.8 Å². The van der Waals surface area contributed by atoms with Crippen LogP contribution in [0.15, 0.2) is 94.3 Å². The number of rotatable bonds is 7. The molecule has 0 aliphatic heterocycles. The summed E-state index contributed by atoms with van der Waals surface area (Å²) in [6, 6.07) is 24.6. The average molecular weight is 481 g/mol. The SMILES string of the molecule is CC(Sc1cccc(NC(=O)/C=C/c2ccccc2)c1)C(=O)Nc1ccc(Br)cc1. The molecule has 152 valence electrons. The highest BCUT2D eigenvalue weighted by atomic mass is 79.9. The van der Waals surface area contributed by atoms with Crippen molar-refractivity contribution in [2.75, 3.05) is 10.6 Å². The van der Waals surface area contributed by atoms with E-state index in [4.69, 9.17) is 0 Å². The number of hydrogen-bond donors (Lipinski definition) is 2. The number of anilines is 2. The smallest absolute Gasteiger partial charge is 0.248 e. The fourth-order valence-corrected chi connectivity index (χ4v) is 3.79. The second-order valence-corrected chi connectivity index (χ2v) is 8.85. The number of nitrogens with one attached hydrogen (secondary N) is 2. The van der Waals surface area contributed by atoms with E-state index in [1.54, 1.807) is 6.08 Å². The summed E-state index contributed by atoms with van der Waals surface area (Å²) < 4.78 is 0.959. The normalized spacial score (nSPS) is 11.8. The summed E-state index contributed by atoms with van der Waals surface area (Å²) in [7, 11) is 0. The van der Waals surface area contributed by atoms with Gasteiger partial charge < -0.3 is 10.6 Å². The van der Waals surface area contributed by atoms with Gasteiger partial charge in [-0.1, -0.05) is 52.3 Å². The Morgan fingerprint density at radius 3 is 2.37 bits per heavy atom. The van der Waals surface area contributed by atoms with Crippen LogP contribution >= 0.6 is 27.7 Å². The van der Waals surface area contributed by atoms with Crippen LogP contribution in [-0.2, 0) is 9.59 Å². The molecule has 0 bridgehead atoms. The lowest BCUT2D eigenvalue weighted by atomic mass is 10.2. The quantitative estimate of drug-likeness (QED) is 0.311. The van der Waals surface area contributed by atoms with Gasteiger partial charge in [-0.25, -0.2) is 0 Å². The molecule has 3 aromatic carbocycles. The predicted molar refractivity (Wildman–Crippen MR) is 129 cm³/mol. The van der Waals surface area contributed by atoms with Crippen molar-refractivity contribution < 1.29 is 9.59 Å². The first-order chi connectivity index (χ1) is 14.5. The highest BCUT2D eigenvalue weighted by Crippen LogP contribution is 2.27. The number of benzene rings is 3. The predicted octanol–water partition coefficient (Wildman–Crippen LogP) is 6.22. The first-order valence-electron chi connectivity index (χ1n) is 9.37. The Bertz CT molecular complexity index is 1040. The molecule has 2 amide bonds. The van der Waals surface area contributed by atoms with Gasteiger partial charge in [-0.15, -0.1) is 11.8 Å². The third kappa shape index (κ3) is 6.90. The summed E-state index contributed by atoms with van der Waals surface area (Å²) in [6.07, 6.45) is 3.27. The molecular formula is C24H21BrN2O2S. The first-order valence-corrected chi connectivity index (χ1v) is 11.0. The Balaban J connectivity index is 1.56. The maximum atomic E-state index is 12.5. The lowest BCUT2D eigenvalue weighted by molar-refractivity contribution is -0.115. The Morgan fingerprint density at radius 2 is 1.63 bits per heavy atom. The van der Waals surface area contributed by atoms with Crippen molar-refractivity contribution in [2.24, 2.45) is 0 Å². The van der Waals surface area contributed by atoms with E-state index in [2.05, 4.69) is 26.6 Å². The Kier molecular flexibility index (Phi) is 7.88. The third-order valence-electron chi connectivity index (χ3n) is 4.12. The fraction of sp³-hybridized carbons (Fsp3) is 0.0833. The second kappa shape index (κ2) is 10.8. The Morgan fingerprint density at radius 1 is 0.900 bits per heavy atom. The van der Waals surface area contributed by atoms with Gasteiger partial charge in [-0.2, -0.15) is 0 Å². The Hall–Kier alpha value is -2.83. The summed E-state index contributed by atoms with van der Waals surface area (Å²) in [4.78, 5) is 25.5. The zero-order valence-corrected chi connectivity index (χ0v) is 18.7. The van der Waals surface area contributed by atoms with Crippen LogP contribution in [0.3, 0.4) is 0 Å². The van der Waals surface area contributed by atoms with Crippen molar-refractivity contribution in [2.45, 2.75) is 17.1 Å².